The number of likely N-dealkylation sites (tertiary alicyclic amines) is 1. The third-order valence-corrected chi connectivity index (χ3v) is 7.75. The van der Waals surface area contributed by atoms with Gasteiger partial charge in [-0.1, -0.05) is 60.7 Å². The first-order valence-electron chi connectivity index (χ1n) is 13.3. The average molecular weight is 535 g/mol. The van der Waals surface area contributed by atoms with Crippen LogP contribution in [0.4, 0.5) is 13.2 Å². The van der Waals surface area contributed by atoms with Crippen LogP contribution in [0.1, 0.15) is 46.6 Å². The molecule has 0 aliphatic carbocycles. The lowest BCUT2D eigenvalue weighted by molar-refractivity contribution is -0.137. The van der Waals surface area contributed by atoms with Crippen LogP contribution in [-0.2, 0) is 12.7 Å². The molecule has 1 aromatic heterocycles. The second-order valence-corrected chi connectivity index (χ2v) is 10.4. The zero-order valence-corrected chi connectivity index (χ0v) is 22.2. The smallest absolute Gasteiger partial charge is 0.330 e. The van der Waals surface area contributed by atoms with Crippen molar-refractivity contribution in [2.45, 2.75) is 45.3 Å². The quantitative estimate of drug-likeness (QED) is 0.304. The Morgan fingerprint density at radius 1 is 0.974 bits per heavy atom. The number of benzene rings is 3. The molecule has 1 aliphatic heterocycles. The number of nitrogens with two attached hydrogens (primary N) is 1. The topological polar surface area (TPSA) is 72.9 Å². The van der Waals surface area contributed by atoms with Crippen LogP contribution < -0.4 is 5.73 Å². The fraction of sp³-hybridized carbons (Fsp3) is 0.367. The molecule has 0 saturated carbocycles. The van der Waals surface area contributed by atoms with E-state index in [0.717, 1.165) is 43.2 Å². The van der Waals surface area contributed by atoms with E-state index in [1.165, 1.54) is 16.3 Å². The van der Waals surface area contributed by atoms with E-state index >= 15 is 0 Å². The van der Waals surface area contributed by atoms with Crippen LogP contribution in [0.25, 0.3) is 17.1 Å². The van der Waals surface area contributed by atoms with Gasteiger partial charge in [0.2, 0.25) is 0 Å². The van der Waals surface area contributed by atoms with Gasteiger partial charge in [-0.15, -0.1) is 5.10 Å². The van der Waals surface area contributed by atoms with Crippen molar-refractivity contribution in [1.82, 2.24) is 25.1 Å². The SMILES string of the molecule is Cc1cccc(C)c1-n1nnnc1-c1c(C(CCN)C2CCN(Cc3ccccc3)C2)cccc1C(F)(F)F. The van der Waals surface area contributed by atoms with E-state index in [1.807, 2.05) is 50.2 Å². The number of alkyl halides is 3. The summed E-state index contributed by atoms with van der Waals surface area (Å²) in [5.74, 6) is 0.0803. The van der Waals surface area contributed by atoms with Crippen LogP contribution in [0.2, 0.25) is 0 Å². The molecule has 1 aliphatic rings. The maximum Gasteiger partial charge on any atom is 0.417 e. The number of nitrogens with zero attached hydrogens (tertiary/aromatic N) is 5. The van der Waals surface area contributed by atoms with Gasteiger partial charge in [-0.2, -0.15) is 17.9 Å². The first-order chi connectivity index (χ1) is 18.8. The predicted molar refractivity (Wildman–Crippen MR) is 145 cm³/mol. The van der Waals surface area contributed by atoms with E-state index in [-0.39, 0.29) is 23.2 Å². The minimum absolute atomic E-state index is 0.0395. The van der Waals surface area contributed by atoms with E-state index in [9.17, 15) is 13.2 Å². The third-order valence-electron chi connectivity index (χ3n) is 7.75. The van der Waals surface area contributed by atoms with E-state index in [0.29, 0.717) is 24.2 Å². The predicted octanol–water partition coefficient (Wildman–Crippen LogP) is 5.92. The van der Waals surface area contributed by atoms with Crippen molar-refractivity contribution in [3.8, 4) is 17.1 Å². The van der Waals surface area contributed by atoms with Gasteiger partial charge in [0.25, 0.3) is 0 Å². The number of aryl methyl sites for hydroxylation is 2. The van der Waals surface area contributed by atoms with Crippen LogP contribution in [0.5, 0.6) is 0 Å². The summed E-state index contributed by atoms with van der Waals surface area (Å²) in [7, 11) is 0. The monoisotopic (exact) mass is 534 g/mol. The lowest BCUT2D eigenvalue weighted by Gasteiger charge is -2.28. The Bertz CT molecular complexity index is 1400. The van der Waals surface area contributed by atoms with Gasteiger partial charge < -0.3 is 5.73 Å². The Kier molecular flexibility index (Phi) is 7.81. The molecule has 1 saturated heterocycles. The summed E-state index contributed by atoms with van der Waals surface area (Å²) in [5.41, 5.74) is 9.63. The molecule has 2 heterocycles. The minimum atomic E-state index is -4.58. The van der Waals surface area contributed by atoms with Crippen LogP contribution in [0.15, 0.2) is 66.7 Å². The maximum absolute atomic E-state index is 14.5. The molecular formula is C30H33F3N6. The number of aromatic nitrogens is 4. The van der Waals surface area contributed by atoms with Crippen molar-refractivity contribution in [2.75, 3.05) is 19.6 Å². The molecule has 2 atom stereocenters. The summed E-state index contributed by atoms with van der Waals surface area (Å²) >= 11 is 0. The van der Waals surface area contributed by atoms with Gasteiger partial charge in [0, 0.05) is 18.7 Å². The van der Waals surface area contributed by atoms with E-state index in [4.69, 9.17) is 5.73 Å². The Morgan fingerprint density at radius 3 is 2.38 bits per heavy atom. The molecule has 9 heteroatoms. The Hall–Kier alpha value is -3.56. The number of para-hydroxylation sites is 1. The number of halogens is 3. The van der Waals surface area contributed by atoms with Crippen LogP contribution in [0.3, 0.4) is 0 Å². The summed E-state index contributed by atoms with van der Waals surface area (Å²) in [5, 5.41) is 12.2. The van der Waals surface area contributed by atoms with Gasteiger partial charge in [0.1, 0.15) is 0 Å². The summed E-state index contributed by atoms with van der Waals surface area (Å²) in [6.07, 6.45) is -3.12. The fourth-order valence-corrected chi connectivity index (χ4v) is 6.00. The summed E-state index contributed by atoms with van der Waals surface area (Å²) in [6, 6.07) is 20.4. The highest BCUT2D eigenvalue weighted by molar-refractivity contribution is 5.69. The van der Waals surface area contributed by atoms with Gasteiger partial charge in [0.15, 0.2) is 5.82 Å². The highest BCUT2D eigenvalue weighted by atomic mass is 19.4. The summed E-state index contributed by atoms with van der Waals surface area (Å²) < 4.78 is 45.1. The van der Waals surface area contributed by atoms with Crippen molar-refractivity contribution in [2.24, 2.45) is 11.7 Å². The number of hydrogen-bond donors (Lipinski definition) is 1. The van der Waals surface area contributed by atoms with Crippen LogP contribution >= 0.6 is 0 Å². The fourth-order valence-electron chi connectivity index (χ4n) is 6.00. The zero-order valence-electron chi connectivity index (χ0n) is 22.2. The molecule has 4 aromatic rings. The average Bonchev–Trinajstić information content (AvgIpc) is 3.57. The maximum atomic E-state index is 14.5. The van der Waals surface area contributed by atoms with E-state index in [1.54, 1.807) is 6.07 Å². The van der Waals surface area contributed by atoms with Crippen molar-refractivity contribution in [3.05, 3.63) is 94.5 Å². The lowest BCUT2D eigenvalue weighted by atomic mass is 9.79. The molecule has 0 radical (unpaired) electrons. The van der Waals surface area contributed by atoms with Gasteiger partial charge in [-0.05, 0) is 90.4 Å². The van der Waals surface area contributed by atoms with Gasteiger partial charge in [-0.25, -0.2) is 0 Å². The molecular weight excluding hydrogens is 501 g/mol. The molecule has 0 bridgehead atoms. The highest BCUT2D eigenvalue weighted by Crippen LogP contribution is 2.45. The van der Waals surface area contributed by atoms with Crippen molar-refractivity contribution in [3.63, 3.8) is 0 Å². The molecule has 39 heavy (non-hydrogen) atoms. The first kappa shape index (κ1) is 27.0. The van der Waals surface area contributed by atoms with E-state index in [2.05, 4.69) is 32.6 Å². The number of hydrogen-bond acceptors (Lipinski definition) is 5. The summed E-state index contributed by atoms with van der Waals surface area (Å²) in [6.45, 7) is 6.67. The lowest BCUT2D eigenvalue weighted by Crippen LogP contribution is -2.24. The molecule has 6 nitrogen and oxygen atoms in total. The molecule has 0 amide bonds. The molecule has 204 valence electrons. The van der Waals surface area contributed by atoms with Gasteiger partial charge in [-0.3, -0.25) is 4.90 Å². The summed E-state index contributed by atoms with van der Waals surface area (Å²) in [4.78, 5) is 2.37. The van der Waals surface area contributed by atoms with Crippen LogP contribution in [0, 0.1) is 19.8 Å². The number of rotatable bonds is 8. The largest absolute Gasteiger partial charge is 0.417 e. The molecule has 2 N–H and O–H groups in total. The second-order valence-electron chi connectivity index (χ2n) is 10.4. The Balaban J connectivity index is 1.59. The van der Waals surface area contributed by atoms with Crippen molar-refractivity contribution >= 4 is 0 Å². The minimum Gasteiger partial charge on any atom is -0.330 e. The van der Waals surface area contributed by atoms with E-state index < -0.39 is 11.7 Å². The van der Waals surface area contributed by atoms with Crippen molar-refractivity contribution < 1.29 is 13.2 Å². The zero-order chi connectivity index (χ0) is 27.6. The third kappa shape index (κ3) is 5.60. The van der Waals surface area contributed by atoms with Gasteiger partial charge in [0.05, 0.1) is 11.3 Å². The molecule has 3 aromatic carbocycles. The highest BCUT2D eigenvalue weighted by Gasteiger charge is 2.39. The molecule has 5 rings (SSSR count). The standard InChI is InChI=1S/C30H33F3N6/c1-20-8-6-9-21(2)28(20)39-29(35-36-37-39)27-25(12-7-13-26(27)30(31,32)33)24(14-16-34)23-15-17-38(19-23)18-22-10-4-3-5-11-22/h3-13,23-24H,14-19,34H2,1-2H3. The first-order valence-corrected chi connectivity index (χ1v) is 13.3. The van der Waals surface area contributed by atoms with Gasteiger partial charge >= 0.3 is 6.18 Å². The van der Waals surface area contributed by atoms with Crippen molar-refractivity contribution in [1.29, 1.82) is 0 Å². The number of tetrazole rings is 1. The molecule has 0 spiro atoms. The molecule has 1 fully saturated rings. The normalized spacial score (nSPS) is 17.0. The Morgan fingerprint density at radius 2 is 1.69 bits per heavy atom. The Labute approximate surface area is 226 Å². The second kappa shape index (κ2) is 11.3. The van der Waals surface area contributed by atoms with Crippen LogP contribution in [-0.4, -0.2) is 44.7 Å². The molecule has 2 unspecified atom stereocenters.